The molecular formula is C26H19F4NS. The quantitative estimate of drug-likeness (QED) is 0.126. The van der Waals surface area contributed by atoms with Crippen LogP contribution in [0.5, 0.6) is 0 Å². The van der Waals surface area contributed by atoms with Crippen LogP contribution in [-0.4, -0.2) is 0 Å². The minimum Gasteiger partial charge on any atom is -0.206 e. The summed E-state index contributed by atoms with van der Waals surface area (Å²) in [5.74, 6) is 2.40. The monoisotopic (exact) mass is 453 g/mol. The highest BCUT2D eigenvalue weighted by atomic mass is 32.2. The van der Waals surface area contributed by atoms with Gasteiger partial charge in [0.2, 0.25) is 0 Å². The number of thiocyanates is 1. The third-order valence-electron chi connectivity index (χ3n) is 4.87. The standard InChI is InChI=1S/C26H19F4NS/c1-2-3-4-5-17-6-9-19(22(27)12-17)10-7-18-8-11-21(23(28)13-18)20-14-24(29)26(32-16-31)25(30)15-20/h6,8-9,11-15H,2-5H2,1H3. The van der Waals surface area contributed by atoms with Crippen LogP contribution in [0.25, 0.3) is 11.1 Å². The molecule has 0 aliphatic rings. The topological polar surface area (TPSA) is 23.8 Å². The third kappa shape index (κ3) is 5.72. The smallest absolute Gasteiger partial charge is 0.141 e. The second-order valence-electron chi connectivity index (χ2n) is 7.18. The van der Waals surface area contributed by atoms with E-state index in [0.29, 0.717) is 17.3 Å². The van der Waals surface area contributed by atoms with Crippen molar-refractivity contribution in [3.63, 3.8) is 0 Å². The molecule has 0 radical (unpaired) electrons. The Kier molecular flexibility index (Phi) is 7.98. The zero-order chi connectivity index (χ0) is 23.1. The van der Waals surface area contributed by atoms with Crippen LogP contribution in [0, 0.1) is 45.8 Å². The summed E-state index contributed by atoms with van der Waals surface area (Å²) in [4.78, 5) is -0.433. The molecule has 0 aliphatic heterocycles. The Hall–Kier alpha value is -3.22. The molecule has 0 aromatic heterocycles. The first-order chi connectivity index (χ1) is 15.4. The van der Waals surface area contributed by atoms with Gasteiger partial charge in [-0.25, -0.2) is 17.6 Å². The van der Waals surface area contributed by atoms with Gasteiger partial charge >= 0.3 is 0 Å². The van der Waals surface area contributed by atoms with Gasteiger partial charge in [-0.05, 0) is 72.1 Å². The lowest BCUT2D eigenvalue weighted by Crippen LogP contribution is -1.92. The Labute approximate surface area is 189 Å². The number of thioether (sulfide) groups is 1. The first kappa shape index (κ1) is 23.4. The number of hydrogen-bond acceptors (Lipinski definition) is 2. The summed E-state index contributed by atoms with van der Waals surface area (Å²) < 4.78 is 57.1. The summed E-state index contributed by atoms with van der Waals surface area (Å²) in [5.41, 5.74) is 1.42. The molecule has 0 aliphatic carbocycles. The van der Waals surface area contributed by atoms with Gasteiger partial charge in [0.15, 0.2) is 0 Å². The van der Waals surface area contributed by atoms with Crippen LogP contribution in [0.3, 0.4) is 0 Å². The van der Waals surface area contributed by atoms with E-state index in [-0.39, 0.29) is 16.7 Å². The highest BCUT2D eigenvalue weighted by Crippen LogP contribution is 2.31. The molecule has 0 unspecified atom stereocenters. The van der Waals surface area contributed by atoms with Crippen LogP contribution >= 0.6 is 11.8 Å². The lowest BCUT2D eigenvalue weighted by atomic mass is 10.0. The van der Waals surface area contributed by atoms with Gasteiger partial charge < -0.3 is 0 Å². The van der Waals surface area contributed by atoms with Crippen molar-refractivity contribution >= 4 is 11.8 Å². The molecule has 32 heavy (non-hydrogen) atoms. The van der Waals surface area contributed by atoms with Crippen molar-refractivity contribution in [1.82, 2.24) is 0 Å². The largest absolute Gasteiger partial charge is 0.206 e. The number of hydrogen-bond donors (Lipinski definition) is 0. The maximum absolute atomic E-state index is 14.6. The first-order valence-electron chi connectivity index (χ1n) is 10.1. The number of nitriles is 1. The van der Waals surface area contributed by atoms with E-state index in [9.17, 15) is 17.6 Å². The lowest BCUT2D eigenvalue weighted by Gasteiger charge is -2.07. The Balaban J connectivity index is 1.82. The average molecular weight is 454 g/mol. The average Bonchev–Trinajstić information content (AvgIpc) is 2.76. The van der Waals surface area contributed by atoms with Crippen LogP contribution in [0.2, 0.25) is 0 Å². The van der Waals surface area contributed by atoms with E-state index in [2.05, 4.69) is 18.8 Å². The van der Waals surface area contributed by atoms with Crippen LogP contribution in [-0.2, 0) is 6.42 Å². The Morgan fingerprint density at radius 2 is 1.56 bits per heavy atom. The van der Waals surface area contributed by atoms with Gasteiger partial charge in [-0.1, -0.05) is 43.7 Å². The van der Waals surface area contributed by atoms with Crippen molar-refractivity contribution in [2.24, 2.45) is 0 Å². The zero-order valence-electron chi connectivity index (χ0n) is 17.3. The third-order valence-corrected chi connectivity index (χ3v) is 5.56. The highest BCUT2D eigenvalue weighted by molar-refractivity contribution is 8.03. The summed E-state index contributed by atoms with van der Waals surface area (Å²) in [6.45, 7) is 2.11. The van der Waals surface area contributed by atoms with Crippen molar-refractivity contribution in [3.8, 4) is 28.4 Å². The summed E-state index contributed by atoms with van der Waals surface area (Å²) in [7, 11) is 0. The van der Waals surface area contributed by atoms with E-state index in [1.807, 2.05) is 6.07 Å². The van der Waals surface area contributed by atoms with Crippen molar-refractivity contribution in [1.29, 1.82) is 5.26 Å². The molecule has 0 amide bonds. The normalized spacial score (nSPS) is 10.4. The highest BCUT2D eigenvalue weighted by Gasteiger charge is 2.15. The molecule has 0 bridgehead atoms. The van der Waals surface area contributed by atoms with E-state index in [0.717, 1.165) is 49.4 Å². The first-order valence-corrected chi connectivity index (χ1v) is 10.9. The fourth-order valence-electron chi connectivity index (χ4n) is 3.22. The van der Waals surface area contributed by atoms with Crippen molar-refractivity contribution in [3.05, 3.63) is 88.5 Å². The van der Waals surface area contributed by atoms with Crippen molar-refractivity contribution < 1.29 is 17.6 Å². The van der Waals surface area contributed by atoms with Crippen LogP contribution in [0.15, 0.2) is 53.4 Å². The maximum Gasteiger partial charge on any atom is 0.141 e. The van der Waals surface area contributed by atoms with Crippen LogP contribution in [0.4, 0.5) is 17.6 Å². The minimum atomic E-state index is -0.941. The predicted octanol–water partition coefficient (Wildman–Crippen LogP) is 7.62. The number of aryl methyl sites for hydroxylation is 1. The molecule has 0 fully saturated rings. The molecule has 0 heterocycles. The molecule has 0 atom stereocenters. The van der Waals surface area contributed by atoms with Gasteiger partial charge in [-0.2, -0.15) is 5.26 Å². The molecule has 0 spiro atoms. The van der Waals surface area contributed by atoms with E-state index < -0.39 is 28.2 Å². The summed E-state index contributed by atoms with van der Waals surface area (Å²) in [6, 6.07) is 10.9. The van der Waals surface area contributed by atoms with Gasteiger partial charge in [-0.15, -0.1) is 0 Å². The molecule has 3 aromatic carbocycles. The Morgan fingerprint density at radius 1 is 0.812 bits per heavy atom. The van der Waals surface area contributed by atoms with E-state index >= 15 is 0 Å². The summed E-state index contributed by atoms with van der Waals surface area (Å²) in [5, 5.41) is 10.2. The molecule has 3 rings (SSSR count). The minimum absolute atomic E-state index is 0.00371. The zero-order valence-corrected chi connectivity index (χ0v) is 18.1. The number of nitrogens with zero attached hydrogens (tertiary/aromatic N) is 1. The van der Waals surface area contributed by atoms with E-state index in [1.165, 1.54) is 18.2 Å². The predicted molar refractivity (Wildman–Crippen MR) is 119 cm³/mol. The maximum atomic E-state index is 14.6. The molecular weight excluding hydrogens is 434 g/mol. The SMILES string of the molecule is CCCCCc1ccc(C#Cc2ccc(-c3cc(F)c(SC#N)c(F)c3)c(F)c2)c(F)c1. The van der Waals surface area contributed by atoms with Crippen LogP contribution < -0.4 is 0 Å². The number of unbranched alkanes of at least 4 members (excludes halogenated alkanes) is 2. The Bertz CT molecular complexity index is 1210. The van der Waals surface area contributed by atoms with Gasteiger partial charge in [0.1, 0.15) is 28.7 Å². The number of halogens is 4. The van der Waals surface area contributed by atoms with Gasteiger partial charge in [0, 0.05) is 11.1 Å². The summed E-state index contributed by atoms with van der Waals surface area (Å²) in [6.07, 6.45) is 3.99. The number of benzene rings is 3. The lowest BCUT2D eigenvalue weighted by molar-refractivity contribution is 0.541. The van der Waals surface area contributed by atoms with Gasteiger partial charge in [0.25, 0.3) is 0 Å². The fourth-order valence-corrected chi connectivity index (χ4v) is 3.62. The van der Waals surface area contributed by atoms with E-state index in [1.54, 1.807) is 11.5 Å². The van der Waals surface area contributed by atoms with Crippen molar-refractivity contribution in [2.45, 2.75) is 37.5 Å². The second-order valence-corrected chi connectivity index (χ2v) is 7.97. The number of rotatable bonds is 6. The fraction of sp³-hybridized carbons (Fsp3) is 0.192. The second kappa shape index (κ2) is 10.9. The van der Waals surface area contributed by atoms with Gasteiger partial charge in [0.05, 0.1) is 10.5 Å². The molecule has 6 heteroatoms. The van der Waals surface area contributed by atoms with Crippen molar-refractivity contribution in [2.75, 3.05) is 0 Å². The summed E-state index contributed by atoms with van der Waals surface area (Å²) >= 11 is 0.363. The van der Waals surface area contributed by atoms with Crippen LogP contribution in [0.1, 0.15) is 42.9 Å². The molecule has 0 N–H and O–H groups in total. The molecule has 0 saturated heterocycles. The Morgan fingerprint density at radius 3 is 2.19 bits per heavy atom. The van der Waals surface area contributed by atoms with E-state index in [4.69, 9.17) is 5.26 Å². The van der Waals surface area contributed by atoms with Gasteiger partial charge in [-0.3, -0.25) is 0 Å². The molecule has 0 saturated carbocycles. The molecule has 1 nitrogen and oxygen atoms in total. The molecule has 3 aromatic rings. The molecule has 162 valence electrons.